The van der Waals surface area contributed by atoms with Gasteiger partial charge in [0.2, 0.25) is 0 Å². The standard InChI is InChI=1S/C10H17N7O3/c11-7-15-6-4(3-20-9(13)19)14-8(12)17-2-1-5(18)10(6,17)16-7/h4-6,18H,1-3H2,(H2,12,14)(H2,13,19)(H3,11,15,16)/t4-,5+,6-,10+/m0/s1. The molecule has 0 aromatic carbocycles. The minimum atomic E-state index is -0.915. The van der Waals surface area contributed by atoms with E-state index in [0.717, 1.165) is 0 Å². The summed E-state index contributed by atoms with van der Waals surface area (Å²) in [6.45, 7) is 0.480. The molecule has 0 aromatic rings. The van der Waals surface area contributed by atoms with Crippen LogP contribution in [0.15, 0.2) is 9.98 Å². The van der Waals surface area contributed by atoms with Crippen LogP contribution in [0.25, 0.3) is 0 Å². The van der Waals surface area contributed by atoms with Gasteiger partial charge in [0.1, 0.15) is 18.7 Å². The fourth-order valence-corrected chi connectivity index (χ4v) is 3.19. The molecule has 0 unspecified atom stereocenters. The molecule has 3 aliphatic heterocycles. The van der Waals surface area contributed by atoms with Gasteiger partial charge in [0, 0.05) is 6.54 Å². The first kappa shape index (κ1) is 12.8. The van der Waals surface area contributed by atoms with E-state index in [1.165, 1.54) is 0 Å². The number of aliphatic imine (C=N–C) groups is 2. The van der Waals surface area contributed by atoms with Crippen molar-refractivity contribution in [2.75, 3.05) is 13.2 Å². The molecule has 3 aliphatic rings. The van der Waals surface area contributed by atoms with Crippen LogP contribution in [0.3, 0.4) is 0 Å². The first-order valence-corrected chi connectivity index (χ1v) is 6.28. The maximum atomic E-state index is 10.8. The number of nitrogens with one attached hydrogen (secondary N) is 1. The van der Waals surface area contributed by atoms with Gasteiger partial charge < -0.3 is 37.3 Å². The molecule has 1 fully saturated rings. The van der Waals surface area contributed by atoms with E-state index in [2.05, 4.69) is 15.3 Å². The molecule has 1 spiro atoms. The Morgan fingerprint density at radius 1 is 1.55 bits per heavy atom. The zero-order valence-corrected chi connectivity index (χ0v) is 10.7. The van der Waals surface area contributed by atoms with Crippen LogP contribution in [0.5, 0.6) is 0 Å². The number of nitrogens with two attached hydrogens (primary N) is 3. The summed E-state index contributed by atoms with van der Waals surface area (Å²) in [4.78, 5) is 21.1. The molecule has 0 aromatic heterocycles. The van der Waals surface area contributed by atoms with Gasteiger partial charge in [-0.3, -0.25) is 0 Å². The summed E-state index contributed by atoms with van der Waals surface area (Å²) in [6.07, 6.45) is -1.08. The van der Waals surface area contributed by atoms with Gasteiger partial charge in [-0.1, -0.05) is 0 Å². The number of primary amides is 1. The van der Waals surface area contributed by atoms with E-state index in [0.29, 0.717) is 13.0 Å². The second kappa shape index (κ2) is 4.13. The molecule has 10 nitrogen and oxygen atoms in total. The molecule has 0 aliphatic carbocycles. The summed E-state index contributed by atoms with van der Waals surface area (Å²) in [5.74, 6) is 0.461. The van der Waals surface area contributed by atoms with Gasteiger partial charge in [-0.2, -0.15) is 0 Å². The summed E-state index contributed by atoms with van der Waals surface area (Å²) >= 11 is 0. The molecule has 10 heteroatoms. The molecule has 110 valence electrons. The summed E-state index contributed by atoms with van der Waals surface area (Å²) < 4.78 is 4.79. The summed E-state index contributed by atoms with van der Waals surface area (Å²) in [7, 11) is 0. The Bertz CT molecular complexity index is 507. The van der Waals surface area contributed by atoms with Crippen LogP contribution in [0, 0.1) is 0 Å². The number of guanidine groups is 2. The highest BCUT2D eigenvalue weighted by atomic mass is 16.5. The van der Waals surface area contributed by atoms with E-state index in [-0.39, 0.29) is 18.5 Å². The minimum absolute atomic E-state index is 0.0680. The second-order valence-corrected chi connectivity index (χ2v) is 5.05. The molecule has 1 saturated heterocycles. The van der Waals surface area contributed by atoms with Crippen molar-refractivity contribution in [1.82, 2.24) is 10.2 Å². The smallest absolute Gasteiger partial charge is 0.404 e. The van der Waals surface area contributed by atoms with Crippen molar-refractivity contribution in [2.45, 2.75) is 30.3 Å². The van der Waals surface area contributed by atoms with Gasteiger partial charge in [-0.25, -0.2) is 14.8 Å². The lowest BCUT2D eigenvalue weighted by molar-refractivity contribution is 0.0151. The molecule has 4 atom stereocenters. The number of hydrogen-bond donors (Lipinski definition) is 5. The highest BCUT2D eigenvalue weighted by Crippen LogP contribution is 2.39. The predicted octanol–water partition coefficient (Wildman–Crippen LogP) is -3.17. The van der Waals surface area contributed by atoms with Crippen molar-refractivity contribution in [3.63, 3.8) is 0 Å². The van der Waals surface area contributed by atoms with E-state index < -0.39 is 29.9 Å². The Morgan fingerprint density at radius 3 is 3.00 bits per heavy atom. The van der Waals surface area contributed by atoms with Crippen LogP contribution < -0.4 is 22.5 Å². The molecule has 3 rings (SSSR count). The van der Waals surface area contributed by atoms with Crippen LogP contribution in [-0.4, -0.2) is 65.0 Å². The number of carbonyl (C=O) groups excluding carboxylic acids is 1. The number of amides is 1. The van der Waals surface area contributed by atoms with Crippen LogP contribution >= 0.6 is 0 Å². The van der Waals surface area contributed by atoms with Crippen LogP contribution in [0.2, 0.25) is 0 Å². The van der Waals surface area contributed by atoms with Gasteiger partial charge in [-0.15, -0.1) is 0 Å². The van der Waals surface area contributed by atoms with Gasteiger partial charge >= 0.3 is 6.09 Å². The lowest BCUT2D eigenvalue weighted by Crippen LogP contribution is -2.72. The normalized spacial score (nSPS) is 38.5. The molecule has 0 bridgehead atoms. The van der Waals surface area contributed by atoms with Gasteiger partial charge in [0.15, 0.2) is 17.6 Å². The maximum Gasteiger partial charge on any atom is 0.404 e. The molecule has 1 amide bonds. The molecule has 0 saturated carbocycles. The minimum Gasteiger partial charge on any atom is -0.447 e. The molecule has 8 N–H and O–H groups in total. The predicted molar refractivity (Wildman–Crippen MR) is 69.6 cm³/mol. The van der Waals surface area contributed by atoms with Crippen molar-refractivity contribution in [3.05, 3.63) is 0 Å². The van der Waals surface area contributed by atoms with E-state index in [1.54, 1.807) is 4.90 Å². The third kappa shape index (κ3) is 1.57. The van der Waals surface area contributed by atoms with Crippen molar-refractivity contribution >= 4 is 18.0 Å². The Balaban J connectivity index is 1.95. The van der Waals surface area contributed by atoms with Crippen molar-refractivity contribution in [2.24, 2.45) is 27.2 Å². The lowest BCUT2D eigenvalue weighted by atomic mass is 9.89. The largest absolute Gasteiger partial charge is 0.447 e. The number of rotatable bonds is 2. The van der Waals surface area contributed by atoms with Crippen molar-refractivity contribution in [1.29, 1.82) is 0 Å². The average molecular weight is 283 g/mol. The number of nitrogens with zero attached hydrogens (tertiary/aromatic N) is 3. The number of hydrogen-bond acceptors (Lipinski definition) is 9. The Morgan fingerprint density at radius 2 is 2.30 bits per heavy atom. The quantitative estimate of drug-likeness (QED) is 0.356. The fourth-order valence-electron chi connectivity index (χ4n) is 3.19. The highest BCUT2D eigenvalue weighted by Gasteiger charge is 2.62. The molecule has 20 heavy (non-hydrogen) atoms. The topological polar surface area (TPSA) is 165 Å². The van der Waals surface area contributed by atoms with E-state index >= 15 is 0 Å². The highest BCUT2D eigenvalue weighted by molar-refractivity contribution is 5.87. The van der Waals surface area contributed by atoms with E-state index in [4.69, 9.17) is 21.9 Å². The lowest BCUT2D eigenvalue weighted by Gasteiger charge is -2.46. The molecular weight excluding hydrogens is 266 g/mol. The van der Waals surface area contributed by atoms with Gasteiger partial charge in [0.25, 0.3) is 0 Å². The summed E-state index contributed by atoms with van der Waals surface area (Å²) in [6, 6.07) is -1.04. The van der Waals surface area contributed by atoms with Crippen LogP contribution in [0.4, 0.5) is 4.79 Å². The third-order valence-corrected chi connectivity index (χ3v) is 3.97. The summed E-state index contributed by atoms with van der Waals surface area (Å²) in [5.41, 5.74) is 15.7. The van der Waals surface area contributed by atoms with E-state index in [1.807, 2.05) is 0 Å². The number of carbonyl (C=O) groups is 1. The number of ether oxygens (including phenoxy) is 1. The zero-order valence-electron chi connectivity index (χ0n) is 10.7. The first-order chi connectivity index (χ1) is 9.45. The third-order valence-electron chi connectivity index (χ3n) is 3.97. The number of aliphatic hydroxyl groups excluding tert-OH is 1. The van der Waals surface area contributed by atoms with Crippen LogP contribution in [0.1, 0.15) is 6.42 Å². The average Bonchev–Trinajstić information content (AvgIpc) is 2.88. The zero-order chi connectivity index (χ0) is 14.5. The molecule has 0 radical (unpaired) electrons. The summed E-state index contributed by atoms with van der Waals surface area (Å²) in [5, 5.41) is 13.3. The molecular formula is C10H17N7O3. The van der Waals surface area contributed by atoms with E-state index in [9.17, 15) is 9.90 Å². The Hall–Kier alpha value is -2.23. The van der Waals surface area contributed by atoms with Crippen molar-refractivity contribution in [3.8, 4) is 0 Å². The second-order valence-electron chi connectivity index (χ2n) is 5.05. The monoisotopic (exact) mass is 283 g/mol. The van der Waals surface area contributed by atoms with Crippen LogP contribution in [-0.2, 0) is 4.74 Å². The first-order valence-electron chi connectivity index (χ1n) is 6.28. The maximum absolute atomic E-state index is 10.8. The fraction of sp³-hybridized carbons (Fsp3) is 0.700. The van der Waals surface area contributed by atoms with Crippen molar-refractivity contribution < 1.29 is 14.6 Å². The molecule has 3 heterocycles. The van der Waals surface area contributed by atoms with Gasteiger partial charge in [0.05, 0.1) is 6.10 Å². The van der Waals surface area contributed by atoms with Gasteiger partial charge in [-0.05, 0) is 6.42 Å². The Kier molecular flexibility index (Phi) is 2.64. The SMILES string of the molecule is NC(=O)OC[C@@H]1N=C(N)N2CC[C@@H](O)[C@@]23NC(N)=N[C@@H]13. The number of aliphatic hydroxyl groups is 1. The Labute approximate surface area is 114 Å².